The largest absolute Gasteiger partial charge is 0.493 e. The van der Waals surface area contributed by atoms with Crippen molar-refractivity contribution in [3.8, 4) is 11.5 Å². The second-order valence-corrected chi connectivity index (χ2v) is 6.53. The van der Waals surface area contributed by atoms with Crippen LogP contribution in [0.1, 0.15) is 33.1 Å². The van der Waals surface area contributed by atoms with E-state index in [0.29, 0.717) is 42.5 Å². The lowest BCUT2D eigenvalue weighted by Crippen LogP contribution is -2.19. The van der Waals surface area contributed by atoms with E-state index in [9.17, 15) is 4.79 Å². The zero-order valence-corrected chi connectivity index (χ0v) is 16.1. The van der Waals surface area contributed by atoms with E-state index in [1.807, 2.05) is 23.6 Å². The number of fused-ring (bicyclic) bond motifs is 1. The predicted molar refractivity (Wildman–Crippen MR) is 99.5 cm³/mol. The van der Waals surface area contributed by atoms with E-state index >= 15 is 0 Å². The first-order valence-electron chi connectivity index (χ1n) is 8.55. The maximum absolute atomic E-state index is 12.1. The van der Waals surface area contributed by atoms with Gasteiger partial charge in [0.2, 0.25) is 5.91 Å². The summed E-state index contributed by atoms with van der Waals surface area (Å²) in [5.74, 6) is 1.23. The highest BCUT2D eigenvalue weighted by Crippen LogP contribution is 2.33. The lowest BCUT2D eigenvalue weighted by Gasteiger charge is -2.09. The van der Waals surface area contributed by atoms with Gasteiger partial charge in [-0.1, -0.05) is 24.7 Å². The Labute approximate surface area is 152 Å². The molecule has 1 amide bonds. The molecule has 0 aliphatic carbocycles. The molecule has 0 radical (unpaired) electrons. The van der Waals surface area contributed by atoms with Crippen LogP contribution in [0.15, 0.2) is 17.1 Å². The first-order chi connectivity index (χ1) is 12.1. The van der Waals surface area contributed by atoms with Crippen molar-refractivity contribution in [2.75, 3.05) is 27.4 Å². The Bertz CT molecular complexity index is 779. The van der Waals surface area contributed by atoms with Gasteiger partial charge in [-0.05, 0) is 13.3 Å². The van der Waals surface area contributed by atoms with Crippen molar-refractivity contribution >= 4 is 27.5 Å². The van der Waals surface area contributed by atoms with Gasteiger partial charge in [0.15, 0.2) is 16.3 Å². The third-order valence-electron chi connectivity index (χ3n) is 3.82. The fraction of sp³-hybridized carbons (Fsp3) is 0.556. The van der Waals surface area contributed by atoms with E-state index in [1.165, 1.54) is 11.3 Å². The summed E-state index contributed by atoms with van der Waals surface area (Å²) >= 11 is 1.48. The maximum Gasteiger partial charge on any atom is 0.248 e. The molecule has 1 heterocycles. The van der Waals surface area contributed by atoms with Crippen molar-refractivity contribution in [1.29, 1.82) is 0 Å². The van der Waals surface area contributed by atoms with Crippen molar-refractivity contribution in [1.82, 2.24) is 4.57 Å². The second kappa shape index (κ2) is 9.58. The molecule has 138 valence electrons. The number of carbonyl (C=O) groups is 1. The number of hydrogen-bond acceptors (Lipinski definition) is 5. The first kappa shape index (κ1) is 19.5. The van der Waals surface area contributed by atoms with Gasteiger partial charge in [0.25, 0.3) is 0 Å². The molecule has 0 fully saturated rings. The molecular formula is C18H26N2O4S. The number of unbranched alkanes of at least 4 members (excludes halogenated alkanes) is 1. The Morgan fingerprint density at radius 3 is 2.56 bits per heavy atom. The number of thiazole rings is 1. The number of nitrogens with zero attached hydrogens (tertiary/aromatic N) is 2. The minimum Gasteiger partial charge on any atom is -0.493 e. The highest BCUT2D eigenvalue weighted by Gasteiger charge is 2.13. The van der Waals surface area contributed by atoms with Crippen LogP contribution >= 0.6 is 11.3 Å². The van der Waals surface area contributed by atoms with Gasteiger partial charge < -0.3 is 18.8 Å². The standard InChI is InChI=1S/C18H26N2O4S/c1-5-7-8-17(21)19-18-20(9-10-24-6-2)13-11-14(22-3)15(23-4)12-16(13)25-18/h11-12H,5-10H2,1-4H3. The van der Waals surface area contributed by atoms with E-state index in [1.54, 1.807) is 14.2 Å². The number of carbonyl (C=O) groups excluding carboxylic acids is 1. The van der Waals surface area contributed by atoms with E-state index < -0.39 is 0 Å². The van der Waals surface area contributed by atoms with E-state index in [-0.39, 0.29) is 5.91 Å². The molecule has 2 rings (SSSR count). The highest BCUT2D eigenvalue weighted by atomic mass is 32.1. The van der Waals surface area contributed by atoms with Crippen molar-refractivity contribution in [3.05, 3.63) is 16.9 Å². The molecule has 0 saturated carbocycles. The zero-order chi connectivity index (χ0) is 18.2. The van der Waals surface area contributed by atoms with Crippen molar-refractivity contribution in [3.63, 3.8) is 0 Å². The third-order valence-corrected chi connectivity index (χ3v) is 4.86. The summed E-state index contributed by atoms with van der Waals surface area (Å²) in [4.78, 5) is 17.1. The van der Waals surface area contributed by atoms with Gasteiger partial charge in [0, 0.05) is 31.7 Å². The van der Waals surface area contributed by atoms with Crippen LogP contribution in [-0.2, 0) is 16.1 Å². The van der Waals surface area contributed by atoms with Crippen LogP contribution in [0.4, 0.5) is 0 Å². The number of aromatic nitrogens is 1. The molecule has 0 unspecified atom stereocenters. The average molecular weight is 366 g/mol. The number of ether oxygens (including phenoxy) is 3. The molecular weight excluding hydrogens is 340 g/mol. The normalized spacial score (nSPS) is 11.9. The molecule has 0 atom stereocenters. The molecule has 25 heavy (non-hydrogen) atoms. The van der Waals surface area contributed by atoms with Gasteiger partial charge in [-0.3, -0.25) is 4.79 Å². The van der Waals surface area contributed by atoms with Gasteiger partial charge in [-0.15, -0.1) is 0 Å². The molecule has 0 bridgehead atoms. The fourth-order valence-corrected chi connectivity index (χ4v) is 3.57. The molecule has 6 nitrogen and oxygen atoms in total. The lowest BCUT2D eigenvalue weighted by atomic mass is 10.2. The summed E-state index contributed by atoms with van der Waals surface area (Å²) in [5, 5.41) is 0. The molecule has 0 spiro atoms. The number of methoxy groups -OCH3 is 2. The Kier molecular flexibility index (Phi) is 7.46. The molecule has 1 aromatic heterocycles. The summed E-state index contributed by atoms with van der Waals surface area (Å²) in [6.07, 6.45) is 2.31. The summed E-state index contributed by atoms with van der Waals surface area (Å²) in [6, 6.07) is 3.84. The van der Waals surface area contributed by atoms with Crippen LogP contribution in [-0.4, -0.2) is 37.9 Å². The Balaban J connectivity index is 2.52. The predicted octanol–water partition coefficient (Wildman–Crippen LogP) is 3.37. The summed E-state index contributed by atoms with van der Waals surface area (Å²) in [7, 11) is 3.22. The molecule has 7 heteroatoms. The minimum absolute atomic E-state index is 0.0857. The smallest absolute Gasteiger partial charge is 0.248 e. The average Bonchev–Trinajstić information content (AvgIpc) is 2.95. The summed E-state index contributed by atoms with van der Waals surface area (Å²) in [6.45, 7) is 5.87. The quantitative estimate of drug-likeness (QED) is 0.638. The number of rotatable bonds is 9. The van der Waals surface area contributed by atoms with Gasteiger partial charge in [0.1, 0.15) is 0 Å². The van der Waals surface area contributed by atoms with Crippen LogP contribution in [0, 0.1) is 0 Å². The van der Waals surface area contributed by atoms with Crippen LogP contribution in [0.5, 0.6) is 11.5 Å². The minimum atomic E-state index is -0.0857. The number of benzene rings is 1. The SMILES string of the molecule is CCCCC(=O)N=c1sc2cc(OC)c(OC)cc2n1CCOCC. The molecule has 0 aliphatic heterocycles. The Morgan fingerprint density at radius 1 is 1.20 bits per heavy atom. The third kappa shape index (κ3) is 4.83. The molecule has 1 aromatic carbocycles. The molecule has 0 N–H and O–H groups in total. The zero-order valence-electron chi connectivity index (χ0n) is 15.3. The lowest BCUT2D eigenvalue weighted by molar-refractivity contribution is -0.118. The van der Waals surface area contributed by atoms with Gasteiger partial charge >= 0.3 is 0 Å². The van der Waals surface area contributed by atoms with Gasteiger partial charge in [-0.25, -0.2) is 0 Å². The molecule has 0 saturated heterocycles. The van der Waals surface area contributed by atoms with Crippen molar-refractivity contribution in [2.45, 2.75) is 39.7 Å². The number of amides is 1. The Hall–Kier alpha value is -1.86. The highest BCUT2D eigenvalue weighted by molar-refractivity contribution is 7.16. The fourth-order valence-electron chi connectivity index (χ4n) is 2.49. The van der Waals surface area contributed by atoms with Crippen LogP contribution in [0.25, 0.3) is 10.2 Å². The maximum atomic E-state index is 12.1. The van der Waals surface area contributed by atoms with Crippen LogP contribution in [0.3, 0.4) is 0 Å². The summed E-state index contributed by atoms with van der Waals surface area (Å²) in [5.41, 5.74) is 0.962. The van der Waals surface area contributed by atoms with Crippen LogP contribution < -0.4 is 14.3 Å². The van der Waals surface area contributed by atoms with Crippen LogP contribution in [0.2, 0.25) is 0 Å². The van der Waals surface area contributed by atoms with Gasteiger partial charge in [-0.2, -0.15) is 4.99 Å². The monoisotopic (exact) mass is 366 g/mol. The van der Waals surface area contributed by atoms with Gasteiger partial charge in [0.05, 0.1) is 31.0 Å². The topological polar surface area (TPSA) is 62.0 Å². The Morgan fingerprint density at radius 2 is 1.92 bits per heavy atom. The van der Waals surface area contributed by atoms with Crippen molar-refractivity contribution in [2.24, 2.45) is 4.99 Å². The number of hydrogen-bond donors (Lipinski definition) is 0. The van der Waals surface area contributed by atoms with Crippen molar-refractivity contribution < 1.29 is 19.0 Å². The molecule has 0 aliphatic rings. The van der Waals surface area contributed by atoms with E-state index in [2.05, 4.69) is 11.9 Å². The summed E-state index contributed by atoms with van der Waals surface area (Å²) < 4.78 is 19.3. The first-order valence-corrected chi connectivity index (χ1v) is 9.36. The second-order valence-electron chi connectivity index (χ2n) is 5.52. The van der Waals surface area contributed by atoms with E-state index in [4.69, 9.17) is 14.2 Å². The van der Waals surface area contributed by atoms with E-state index in [0.717, 1.165) is 23.1 Å². The molecule has 2 aromatic rings.